The monoisotopic (exact) mass is 314 g/mol. The second kappa shape index (κ2) is 6.15. The minimum absolute atomic E-state index is 0.0475. The number of aromatic nitrogens is 2. The summed E-state index contributed by atoms with van der Waals surface area (Å²) in [5.41, 5.74) is 0.947. The molecule has 1 heterocycles. The standard InChI is InChI=1S/C13H12Cl2N2O3/c1-17-7-8(6-16-17)2-3-20-12-10(13(18)19)4-9(14)5-11(12)15/h4-7H,2-3H2,1H3,(H,18,19). The van der Waals surface area contributed by atoms with E-state index in [4.69, 9.17) is 33.0 Å². The van der Waals surface area contributed by atoms with Crippen LogP contribution >= 0.6 is 23.2 Å². The summed E-state index contributed by atoms with van der Waals surface area (Å²) in [6, 6.07) is 2.77. The van der Waals surface area contributed by atoms with E-state index in [1.807, 2.05) is 13.2 Å². The molecular weight excluding hydrogens is 303 g/mol. The number of rotatable bonds is 5. The number of hydrogen-bond acceptors (Lipinski definition) is 3. The Morgan fingerprint density at radius 2 is 2.20 bits per heavy atom. The van der Waals surface area contributed by atoms with E-state index in [-0.39, 0.29) is 21.4 Å². The first-order valence-electron chi connectivity index (χ1n) is 5.80. The van der Waals surface area contributed by atoms with E-state index in [0.29, 0.717) is 13.0 Å². The molecule has 0 aliphatic rings. The molecule has 0 saturated carbocycles. The van der Waals surface area contributed by atoms with Gasteiger partial charge in [0.15, 0.2) is 5.75 Å². The lowest BCUT2D eigenvalue weighted by molar-refractivity contribution is 0.0692. The van der Waals surface area contributed by atoms with Gasteiger partial charge in [0, 0.05) is 24.7 Å². The van der Waals surface area contributed by atoms with Crippen molar-refractivity contribution in [2.24, 2.45) is 7.05 Å². The van der Waals surface area contributed by atoms with Crippen LogP contribution in [0.5, 0.6) is 5.75 Å². The van der Waals surface area contributed by atoms with Crippen molar-refractivity contribution in [2.75, 3.05) is 6.61 Å². The van der Waals surface area contributed by atoms with Crippen molar-refractivity contribution in [3.63, 3.8) is 0 Å². The van der Waals surface area contributed by atoms with Crippen molar-refractivity contribution in [3.05, 3.63) is 45.7 Å². The van der Waals surface area contributed by atoms with Crippen molar-refractivity contribution in [3.8, 4) is 5.75 Å². The molecular formula is C13H12Cl2N2O3. The summed E-state index contributed by atoms with van der Waals surface area (Å²) in [4.78, 5) is 11.2. The number of benzene rings is 1. The maximum atomic E-state index is 11.2. The number of nitrogens with zero attached hydrogens (tertiary/aromatic N) is 2. The Kier molecular flexibility index (Phi) is 4.52. The summed E-state index contributed by atoms with van der Waals surface area (Å²) >= 11 is 11.8. The lowest BCUT2D eigenvalue weighted by Crippen LogP contribution is -2.07. The van der Waals surface area contributed by atoms with Gasteiger partial charge in [-0.25, -0.2) is 4.79 Å². The number of carboxylic acids is 1. The first-order valence-corrected chi connectivity index (χ1v) is 6.55. The molecule has 0 spiro atoms. The van der Waals surface area contributed by atoms with Gasteiger partial charge in [-0.2, -0.15) is 5.10 Å². The molecule has 1 N–H and O–H groups in total. The molecule has 0 aliphatic carbocycles. The fourth-order valence-electron chi connectivity index (χ4n) is 1.74. The number of aryl methyl sites for hydroxylation is 1. The number of carbonyl (C=O) groups is 1. The molecule has 0 radical (unpaired) electrons. The molecule has 0 fully saturated rings. The highest BCUT2D eigenvalue weighted by molar-refractivity contribution is 6.36. The quantitative estimate of drug-likeness (QED) is 0.921. The van der Waals surface area contributed by atoms with Crippen LogP contribution in [0, 0.1) is 0 Å². The summed E-state index contributed by atoms with van der Waals surface area (Å²) in [6.07, 6.45) is 4.20. The zero-order valence-corrected chi connectivity index (χ0v) is 12.1. The van der Waals surface area contributed by atoms with Gasteiger partial charge in [0.2, 0.25) is 0 Å². The zero-order valence-electron chi connectivity index (χ0n) is 10.6. The fraction of sp³-hybridized carbons (Fsp3) is 0.231. The van der Waals surface area contributed by atoms with Crippen LogP contribution in [0.1, 0.15) is 15.9 Å². The normalized spacial score (nSPS) is 10.6. The molecule has 0 unspecified atom stereocenters. The van der Waals surface area contributed by atoms with Crippen LogP contribution in [0.15, 0.2) is 24.5 Å². The van der Waals surface area contributed by atoms with Gasteiger partial charge in [-0.05, 0) is 17.7 Å². The van der Waals surface area contributed by atoms with Crippen molar-refractivity contribution >= 4 is 29.2 Å². The lowest BCUT2D eigenvalue weighted by Gasteiger charge is -2.11. The molecule has 2 aromatic rings. The van der Waals surface area contributed by atoms with Gasteiger partial charge in [-0.3, -0.25) is 4.68 Å². The smallest absolute Gasteiger partial charge is 0.339 e. The molecule has 7 heteroatoms. The SMILES string of the molecule is Cn1cc(CCOc2c(Cl)cc(Cl)cc2C(=O)O)cn1. The Balaban J connectivity index is 2.10. The van der Waals surface area contributed by atoms with Crippen LogP contribution in [0.3, 0.4) is 0 Å². The van der Waals surface area contributed by atoms with E-state index < -0.39 is 5.97 Å². The average molecular weight is 315 g/mol. The van der Waals surface area contributed by atoms with Crippen LogP contribution in [-0.4, -0.2) is 27.5 Å². The fourth-order valence-corrected chi connectivity index (χ4v) is 2.29. The number of aromatic carboxylic acids is 1. The Labute approximate surface area is 125 Å². The molecule has 0 bridgehead atoms. The van der Waals surface area contributed by atoms with Crippen LogP contribution in [0.4, 0.5) is 0 Å². The predicted octanol–water partition coefficient (Wildman–Crippen LogP) is 3.05. The van der Waals surface area contributed by atoms with Gasteiger partial charge >= 0.3 is 5.97 Å². The molecule has 0 aliphatic heterocycles. The highest BCUT2D eigenvalue weighted by Gasteiger charge is 2.16. The van der Waals surface area contributed by atoms with Gasteiger partial charge in [-0.15, -0.1) is 0 Å². The maximum absolute atomic E-state index is 11.2. The molecule has 0 atom stereocenters. The first kappa shape index (κ1) is 14.7. The summed E-state index contributed by atoms with van der Waals surface area (Å²) in [5, 5.41) is 13.6. The van der Waals surface area contributed by atoms with Crippen molar-refractivity contribution in [1.29, 1.82) is 0 Å². The molecule has 0 saturated heterocycles. The maximum Gasteiger partial charge on any atom is 0.339 e. The Morgan fingerprint density at radius 1 is 1.45 bits per heavy atom. The highest BCUT2D eigenvalue weighted by atomic mass is 35.5. The molecule has 0 amide bonds. The lowest BCUT2D eigenvalue weighted by atomic mass is 10.2. The molecule has 1 aromatic carbocycles. The third-order valence-electron chi connectivity index (χ3n) is 2.63. The molecule has 20 heavy (non-hydrogen) atoms. The van der Waals surface area contributed by atoms with Gasteiger partial charge < -0.3 is 9.84 Å². The Bertz CT molecular complexity index is 641. The van der Waals surface area contributed by atoms with E-state index in [9.17, 15) is 4.79 Å². The highest BCUT2D eigenvalue weighted by Crippen LogP contribution is 2.32. The van der Waals surface area contributed by atoms with Gasteiger partial charge in [0.25, 0.3) is 0 Å². The topological polar surface area (TPSA) is 64.3 Å². The van der Waals surface area contributed by atoms with Crippen LogP contribution in [0.2, 0.25) is 10.0 Å². The van der Waals surface area contributed by atoms with Gasteiger partial charge in [0.1, 0.15) is 5.56 Å². The van der Waals surface area contributed by atoms with Crippen LogP contribution in [-0.2, 0) is 13.5 Å². The number of carboxylic acid groups (broad SMARTS) is 1. The first-order chi connectivity index (χ1) is 9.47. The number of hydrogen-bond donors (Lipinski definition) is 1. The molecule has 106 valence electrons. The third-order valence-corrected chi connectivity index (χ3v) is 3.13. The van der Waals surface area contributed by atoms with E-state index in [2.05, 4.69) is 5.10 Å². The van der Waals surface area contributed by atoms with Crippen LogP contribution in [0.25, 0.3) is 0 Å². The average Bonchev–Trinajstić information content (AvgIpc) is 2.77. The minimum atomic E-state index is -1.13. The van der Waals surface area contributed by atoms with Crippen molar-refractivity contribution in [2.45, 2.75) is 6.42 Å². The molecule has 2 rings (SSSR count). The largest absolute Gasteiger partial charge is 0.491 e. The summed E-state index contributed by atoms with van der Waals surface area (Å²) in [5.74, 6) is -1.00. The summed E-state index contributed by atoms with van der Waals surface area (Å²) in [7, 11) is 1.82. The Morgan fingerprint density at radius 3 is 2.80 bits per heavy atom. The number of ether oxygens (including phenoxy) is 1. The van der Waals surface area contributed by atoms with Crippen molar-refractivity contribution in [1.82, 2.24) is 9.78 Å². The third kappa shape index (κ3) is 3.43. The molecule has 1 aromatic heterocycles. The number of halogens is 2. The second-order valence-electron chi connectivity index (χ2n) is 4.19. The Hall–Kier alpha value is -1.72. The van der Waals surface area contributed by atoms with Gasteiger partial charge in [0.05, 0.1) is 17.8 Å². The van der Waals surface area contributed by atoms with E-state index >= 15 is 0 Å². The van der Waals surface area contributed by atoms with E-state index in [1.165, 1.54) is 12.1 Å². The second-order valence-corrected chi connectivity index (χ2v) is 5.03. The summed E-state index contributed by atoms with van der Waals surface area (Å²) in [6.45, 7) is 0.299. The minimum Gasteiger partial charge on any atom is -0.491 e. The predicted molar refractivity (Wildman–Crippen MR) is 75.8 cm³/mol. The summed E-state index contributed by atoms with van der Waals surface area (Å²) < 4.78 is 7.18. The zero-order chi connectivity index (χ0) is 14.7. The van der Waals surface area contributed by atoms with Gasteiger partial charge in [-0.1, -0.05) is 23.2 Å². The van der Waals surface area contributed by atoms with E-state index in [1.54, 1.807) is 10.9 Å². The van der Waals surface area contributed by atoms with Crippen molar-refractivity contribution < 1.29 is 14.6 Å². The molecule has 5 nitrogen and oxygen atoms in total. The van der Waals surface area contributed by atoms with Crippen LogP contribution < -0.4 is 4.74 Å². The van der Waals surface area contributed by atoms with E-state index in [0.717, 1.165) is 5.56 Å².